The third-order valence-corrected chi connectivity index (χ3v) is 5.25. The standard InChI is InChI=1S/C23H23N3O2/c1-4-17-6-8-18(9-7-17)14-26-20(11-12-21(26)27)23-24-22(25-28-23)19-10-5-15(2)13-16(19)3/h4-10,13,20H,1,11-12,14H2,2-3H3. The summed E-state index contributed by atoms with van der Waals surface area (Å²) in [5, 5.41) is 4.18. The Hall–Kier alpha value is -3.21. The highest BCUT2D eigenvalue weighted by Gasteiger charge is 2.36. The molecule has 2 heterocycles. The molecular weight excluding hydrogens is 350 g/mol. The number of aryl methyl sites for hydroxylation is 2. The molecule has 1 aromatic heterocycles. The van der Waals surface area contributed by atoms with Crippen LogP contribution in [0.5, 0.6) is 0 Å². The van der Waals surface area contributed by atoms with Gasteiger partial charge in [-0.25, -0.2) is 0 Å². The van der Waals surface area contributed by atoms with Crippen molar-refractivity contribution in [3.8, 4) is 11.4 Å². The van der Waals surface area contributed by atoms with E-state index in [1.54, 1.807) is 6.08 Å². The van der Waals surface area contributed by atoms with E-state index in [4.69, 9.17) is 4.52 Å². The van der Waals surface area contributed by atoms with Crippen LogP contribution >= 0.6 is 0 Å². The molecule has 4 rings (SSSR count). The summed E-state index contributed by atoms with van der Waals surface area (Å²) in [4.78, 5) is 18.9. The van der Waals surface area contributed by atoms with Crippen LogP contribution in [0.2, 0.25) is 0 Å². The van der Waals surface area contributed by atoms with E-state index >= 15 is 0 Å². The van der Waals surface area contributed by atoms with Gasteiger partial charge in [-0.3, -0.25) is 4.79 Å². The van der Waals surface area contributed by atoms with Gasteiger partial charge in [-0.05, 0) is 37.0 Å². The molecular formula is C23H23N3O2. The van der Waals surface area contributed by atoms with Crippen molar-refractivity contribution in [1.82, 2.24) is 15.0 Å². The Labute approximate surface area is 164 Å². The fourth-order valence-electron chi connectivity index (χ4n) is 3.69. The minimum Gasteiger partial charge on any atom is -0.337 e. The van der Waals surface area contributed by atoms with E-state index in [1.807, 2.05) is 48.2 Å². The SMILES string of the molecule is C=Cc1ccc(CN2C(=O)CCC2c2nc(-c3ccc(C)cc3C)no2)cc1. The van der Waals surface area contributed by atoms with Crippen molar-refractivity contribution >= 4 is 12.0 Å². The number of nitrogens with zero attached hydrogens (tertiary/aromatic N) is 3. The number of benzene rings is 2. The summed E-state index contributed by atoms with van der Waals surface area (Å²) in [5.41, 5.74) is 5.38. The van der Waals surface area contributed by atoms with Crippen LogP contribution in [-0.4, -0.2) is 20.9 Å². The number of likely N-dealkylation sites (tertiary alicyclic amines) is 1. The smallest absolute Gasteiger partial charge is 0.249 e. The summed E-state index contributed by atoms with van der Waals surface area (Å²) < 4.78 is 5.57. The van der Waals surface area contributed by atoms with Gasteiger partial charge in [0.15, 0.2) is 0 Å². The normalized spacial score (nSPS) is 16.6. The van der Waals surface area contributed by atoms with Crippen molar-refractivity contribution in [2.75, 3.05) is 0 Å². The Balaban J connectivity index is 1.58. The second-order valence-corrected chi connectivity index (χ2v) is 7.30. The van der Waals surface area contributed by atoms with Crippen molar-refractivity contribution in [1.29, 1.82) is 0 Å². The first-order valence-corrected chi connectivity index (χ1v) is 9.47. The van der Waals surface area contributed by atoms with Crippen LogP contribution in [-0.2, 0) is 11.3 Å². The van der Waals surface area contributed by atoms with Gasteiger partial charge in [0.25, 0.3) is 0 Å². The summed E-state index contributed by atoms with van der Waals surface area (Å²) in [6.07, 6.45) is 3.00. The maximum Gasteiger partial charge on any atom is 0.249 e. The van der Waals surface area contributed by atoms with Gasteiger partial charge in [-0.2, -0.15) is 4.98 Å². The molecule has 142 valence electrons. The van der Waals surface area contributed by atoms with Crippen molar-refractivity contribution in [3.05, 3.63) is 77.2 Å². The van der Waals surface area contributed by atoms with Crippen LogP contribution < -0.4 is 0 Å². The highest BCUT2D eigenvalue weighted by atomic mass is 16.5. The van der Waals surface area contributed by atoms with Crippen LogP contribution in [0.25, 0.3) is 17.5 Å². The summed E-state index contributed by atoms with van der Waals surface area (Å²) in [5.74, 6) is 1.19. The van der Waals surface area contributed by atoms with Gasteiger partial charge in [-0.1, -0.05) is 65.8 Å². The Morgan fingerprint density at radius 3 is 2.71 bits per heavy atom. The lowest BCUT2D eigenvalue weighted by Gasteiger charge is -2.22. The largest absolute Gasteiger partial charge is 0.337 e. The number of hydrogen-bond donors (Lipinski definition) is 0. The van der Waals surface area contributed by atoms with Crippen molar-refractivity contribution in [2.24, 2.45) is 0 Å². The average Bonchev–Trinajstić information content (AvgIpc) is 3.30. The van der Waals surface area contributed by atoms with Gasteiger partial charge in [0.1, 0.15) is 6.04 Å². The lowest BCUT2D eigenvalue weighted by molar-refractivity contribution is -0.129. The van der Waals surface area contributed by atoms with Crippen LogP contribution in [0.3, 0.4) is 0 Å². The zero-order valence-electron chi connectivity index (χ0n) is 16.2. The second kappa shape index (κ2) is 7.43. The molecule has 1 unspecified atom stereocenters. The molecule has 1 aliphatic rings. The number of carbonyl (C=O) groups excluding carboxylic acids is 1. The number of hydrogen-bond acceptors (Lipinski definition) is 4. The Morgan fingerprint density at radius 1 is 1.21 bits per heavy atom. The first-order chi connectivity index (χ1) is 13.5. The van der Waals surface area contributed by atoms with E-state index in [-0.39, 0.29) is 11.9 Å². The summed E-state index contributed by atoms with van der Waals surface area (Å²) in [6.45, 7) is 8.40. The van der Waals surface area contributed by atoms with E-state index < -0.39 is 0 Å². The summed E-state index contributed by atoms with van der Waals surface area (Å²) >= 11 is 0. The van der Waals surface area contributed by atoms with Gasteiger partial charge < -0.3 is 9.42 Å². The first kappa shape index (κ1) is 18.2. The Kier molecular flexibility index (Phi) is 4.82. The molecule has 0 N–H and O–H groups in total. The van der Waals surface area contributed by atoms with E-state index in [9.17, 15) is 4.79 Å². The molecule has 3 aromatic rings. The predicted octanol–water partition coefficient (Wildman–Crippen LogP) is 4.86. The molecule has 1 saturated heterocycles. The lowest BCUT2D eigenvalue weighted by atomic mass is 10.1. The molecule has 0 radical (unpaired) electrons. The van der Waals surface area contributed by atoms with Crippen LogP contribution in [0.1, 0.15) is 47.0 Å². The molecule has 1 fully saturated rings. The van der Waals surface area contributed by atoms with E-state index in [0.717, 1.165) is 22.3 Å². The maximum atomic E-state index is 12.5. The molecule has 5 nitrogen and oxygen atoms in total. The van der Waals surface area contributed by atoms with E-state index in [1.165, 1.54) is 5.56 Å². The molecule has 1 atom stereocenters. The van der Waals surface area contributed by atoms with E-state index in [0.29, 0.717) is 31.1 Å². The van der Waals surface area contributed by atoms with Gasteiger partial charge in [-0.15, -0.1) is 0 Å². The zero-order chi connectivity index (χ0) is 19.7. The number of amides is 1. The number of carbonyl (C=O) groups is 1. The first-order valence-electron chi connectivity index (χ1n) is 9.47. The molecule has 5 heteroatoms. The van der Waals surface area contributed by atoms with E-state index in [2.05, 4.69) is 29.7 Å². The maximum absolute atomic E-state index is 12.5. The second-order valence-electron chi connectivity index (χ2n) is 7.30. The van der Waals surface area contributed by atoms with Gasteiger partial charge in [0.05, 0.1) is 0 Å². The predicted molar refractivity (Wildman–Crippen MR) is 108 cm³/mol. The van der Waals surface area contributed by atoms with Crippen molar-refractivity contribution < 1.29 is 9.32 Å². The zero-order valence-corrected chi connectivity index (χ0v) is 16.2. The average molecular weight is 373 g/mol. The molecule has 0 spiro atoms. The lowest BCUT2D eigenvalue weighted by Crippen LogP contribution is -2.27. The third kappa shape index (κ3) is 3.48. The molecule has 1 aliphatic heterocycles. The Morgan fingerprint density at radius 2 is 2.00 bits per heavy atom. The minimum absolute atomic E-state index is 0.115. The highest BCUT2D eigenvalue weighted by molar-refractivity contribution is 5.79. The molecule has 0 aliphatic carbocycles. The van der Waals surface area contributed by atoms with Crippen molar-refractivity contribution in [3.63, 3.8) is 0 Å². The third-order valence-electron chi connectivity index (χ3n) is 5.25. The minimum atomic E-state index is -0.182. The molecule has 0 bridgehead atoms. The van der Waals surface area contributed by atoms with Crippen molar-refractivity contribution in [2.45, 2.75) is 39.3 Å². The quantitative estimate of drug-likeness (QED) is 0.641. The summed E-state index contributed by atoms with van der Waals surface area (Å²) in [6, 6.07) is 14.0. The van der Waals surface area contributed by atoms with Crippen LogP contribution in [0.4, 0.5) is 0 Å². The molecule has 0 saturated carbocycles. The Bertz CT molecular complexity index is 1020. The molecule has 28 heavy (non-hydrogen) atoms. The fraction of sp³-hybridized carbons (Fsp3) is 0.261. The number of aromatic nitrogens is 2. The van der Waals surface area contributed by atoms with Crippen LogP contribution in [0.15, 0.2) is 53.6 Å². The molecule has 2 aromatic carbocycles. The monoisotopic (exact) mass is 373 g/mol. The van der Waals surface area contributed by atoms with Gasteiger partial charge in [0, 0.05) is 18.5 Å². The fourth-order valence-corrected chi connectivity index (χ4v) is 3.69. The molecule has 1 amide bonds. The number of rotatable bonds is 5. The highest BCUT2D eigenvalue weighted by Crippen LogP contribution is 2.34. The van der Waals surface area contributed by atoms with Gasteiger partial charge >= 0.3 is 0 Å². The summed E-state index contributed by atoms with van der Waals surface area (Å²) in [7, 11) is 0. The topological polar surface area (TPSA) is 59.2 Å². The van der Waals surface area contributed by atoms with Crippen LogP contribution in [0, 0.1) is 13.8 Å². The van der Waals surface area contributed by atoms with Gasteiger partial charge in [0.2, 0.25) is 17.6 Å².